The lowest BCUT2D eigenvalue weighted by atomic mass is 10.2. The van der Waals surface area contributed by atoms with Crippen molar-refractivity contribution in [2.75, 3.05) is 5.75 Å². The van der Waals surface area contributed by atoms with Crippen LogP contribution in [0.2, 0.25) is 0 Å². The highest BCUT2D eigenvalue weighted by molar-refractivity contribution is 7.98. The molecule has 0 spiro atoms. The Labute approximate surface area is 121 Å². The third-order valence-corrected chi connectivity index (χ3v) is 3.50. The van der Waals surface area contributed by atoms with Gasteiger partial charge in [0.05, 0.1) is 0 Å². The van der Waals surface area contributed by atoms with Gasteiger partial charge in [0.15, 0.2) is 0 Å². The van der Waals surface area contributed by atoms with E-state index in [4.69, 9.17) is 10.4 Å². The first-order valence-electron chi connectivity index (χ1n) is 5.95. The Morgan fingerprint density at radius 3 is 2.95 bits per heavy atom. The van der Waals surface area contributed by atoms with E-state index in [1.807, 2.05) is 12.1 Å². The molecule has 0 bridgehead atoms. The molecule has 0 saturated carbocycles. The van der Waals surface area contributed by atoms with E-state index in [2.05, 4.69) is 10.3 Å². The van der Waals surface area contributed by atoms with E-state index in [0.29, 0.717) is 23.6 Å². The van der Waals surface area contributed by atoms with Crippen molar-refractivity contribution >= 4 is 23.6 Å². The van der Waals surface area contributed by atoms with E-state index in [0.717, 1.165) is 5.56 Å². The van der Waals surface area contributed by atoms with Crippen LogP contribution in [0.1, 0.15) is 24.6 Å². The third kappa shape index (κ3) is 5.71. The summed E-state index contributed by atoms with van der Waals surface area (Å²) in [6.45, 7) is 1.30. The molecule has 0 aliphatic rings. The van der Waals surface area contributed by atoms with Crippen LogP contribution in [0, 0.1) is 11.3 Å². The highest BCUT2D eigenvalue weighted by Gasteiger charge is 2.17. The number of carbonyl (C=O) groups is 2. The van der Waals surface area contributed by atoms with Gasteiger partial charge in [-0.3, -0.25) is 4.79 Å². The average molecular weight is 293 g/mol. The van der Waals surface area contributed by atoms with Gasteiger partial charge in [-0.25, -0.2) is 9.78 Å². The summed E-state index contributed by atoms with van der Waals surface area (Å²) in [5.74, 6) is -0.114. The molecule has 0 radical (unpaired) electrons. The fourth-order valence-corrected chi connectivity index (χ4v) is 2.48. The highest BCUT2D eigenvalue weighted by atomic mass is 32.2. The van der Waals surface area contributed by atoms with Crippen molar-refractivity contribution < 1.29 is 14.7 Å². The lowest BCUT2D eigenvalue weighted by Gasteiger charge is -2.12. The van der Waals surface area contributed by atoms with Crippen molar-refractivity contribution in [1.82, 2.24) is 10.3 Å². The van der Waals surface area contributed by atoms with Crippen molar-refractivity contribution in [3.05, 3.63) is 29.6 Å². The Hall–Kier alpha value is -2.07. The monoisotopic (exact) mass is 293 g/mol. The number of thioether (sulfide) groups is 1. The van der Waals surface area contributed by atoms with Crippen molar-refractivity contribution in [2.45, 2.75) is 25.1 Å². The summed E-state index contributed by atoms with van der Waals surface area (Å²) in [5.41, 5.74) is 1.33. The van der Waals surface area contributed by atoms with Crippen LogP contribution in [-0.2, 0) is 15.3 Å². The molecule has 6 nitrogen and oxygen atoms in total. The number of carboxylic acids is 1. The van der Waals surface area contributed by atoms with Crippen molar-refractivity contribution in [3.8, 4) is 6.07 Å². The highest BCUT2D eigenvalue weighted by Crippen LogP contribution is 2.14. The van der Waals surface area contributed by atoms with Gasteiger partial charge in [-0.1, -0.05) is 0 Å². The zero-order valence-corrected chi connectivity index (χ0v) is 11.8. The van der Waals surface area contributed by atoms with Crippen LogP contribution in [0.25, 0.3) is 0 Å². The first-order chi connectivity index (χ1) is 9.52. The Balaban J connectivity index is 2.38. The number of carboxylic acid groups (broad SMARTS) is 1. The van der Waals surface area contributed by atoms with Crippen LogP contribution in [0.4, 0.5) is 0 Å². The van der Waals surface area contributed by atoms with Crippen LogP contribution >= 0.6 is 11.8 Å². The molecule has 7 heteroatoms. The molecule has 1 aromatic rings. The summed E-state index contributed by atoms with van der Waals surface area (Å²) in [4.78, 5) is 25.7. The number of aliphatic carboxylic acids is 1. The van der Waals surface area contributed by atoms with Gasteiger partial charge in [0.25, 0.3) is 0 Å². The Morgan fingerprint density at radius 2 is 2.35 bits per heavy atom. The van der Waals surface area contributed by atoms with Gasteiger partial charge in [0.1, 0.15) is 17.8 Å². The second-order valence-corrected chi connectivity index (χ2v) is 5.20. The molecule has 1 unspecified atom stereocenters. The first-order valence-corrected chi connectivity index (χ1v) is 7.11. The second kappa shape index (κ2) is 8.17. The molecule has 0 aliphatic heterocycles. The molecular weight excluding hydrogens is 278 g/mol. The van der Waals surface area contributed by atoms with E-state index < -0.39 is 12.0 Å². The van der Waals surface area contributed by atoms with Crippen LogP contribution < -0.4 is 5.32 Å². The molecule has 1 aromatic heterocycles. The SMILES string of the molecule is CC(=O)NC(CCSCc1ccnc(C#N)c1)C(=O)O. The summed E-state index contributed by atoms with van der Waals surface area (Å²) >= 11 is 1.55. The molecule has 0 fully saturated rings. The summed E-state index contributed by atoms with van der Waals surface area (Å²) in [7, 11) is 0. The summed E-state index contributed by atoms with van der Waals surface area (Å²) in [6, 6.07) is 4.63. The molecule has 106 valence electrons. The average Bonchev–Trinajstić information content (AvgIpc) is 2.41. The third-order valence-electron chi connectivity index (χ3n) is 2.43. The summed E-state index contributed by atoms with van der Waals surface area (Å²) < 4.78 is 0. The minimum absolute atomic E-state index is 0.352. The van der Waals surface area contributed by atoms with Crippen molar-refractivity contribution in [2.24, 2.45) is 0 Å². The number of carbonyl (C=O) groups excluding carboxylic acids is 1. The lowest BCUT2D eigenvalue weighted by Crippen LogP contribution is -2.39. The van der Waals surface area contributed by atoms with Gasteiger partial charge in [0.2, 0.25) is 5.91 Å². The zero-order chi connectivity index (χ0) is 15.0. The number of nitrogens with zero attached hydrogens (tertiary/aromatic N) is 2. The molecular formula is C13H15N3O3S. The van der Waals surface area contributed by atoms with Crippen LogP contribution in [0.5, 0.6) is 0 Å². The van der Waals surface area contributed by atoms with Gasteiger partial charge in [-0.15, -0.1) is 0 Å². The van der Waals surface area contributed by atoms with Crippen molar-refractivity contribution in [1.29, 1.82) is 5.26 Å². The second-order valence-electron chi connectivity index (χ2n) is 4.09. The van der Waals surface area contributed by atoms with Crippen LogP contribution in [0.15, 0.2) is 18.3 Å². The van der Waals surface area contributed by atoms with Crippen LogP contribution in [-0.4, -0.2) is 33.8 Å². The molecule has 1 atom stereocenters. The van der Waals surface area contributed by atoms with Crippen LogP contribution in [0.3, 0.4) is 0 Å². The molecule has 0 aromatic carbocycles. The minimum atomic E-state index is -1.03. The lowest BCUT2D eigenvalue weighted by molar-refractivity contribution is -0.141. The minimum Gasteiger partial charge on any atom is -0.480 e. The first kappa shape index (κ1) is 16.0. The topological polar surface area (TPSA) is 103 Å². The molecule has 0 saturated heterocycles. The number of hydrogen-bond acceptors (Lipinski definition) is 5. The van der Waals surface area contributed by atoms with E-state index >= 15 is 0 Å². The molecule has 20 heavy (non-hydrogen) atoms. The normalized spacial score (nSPS) is 11.4. The fraction of sp³-hybridized carbons (Fsp3) is 0.385. The predicted octanol–water partition coefficient (Wildman–Crippen LogP) is 1.17. The number of nitriles is 1. The molecule has 0 aliphatic carbocycles. The number of amides is 1. The Kier molecular flexibility index (Phi) is 6.53. The predicted molar refractivity (Wildman–Crippen MR) is 75.0 cm³/mol. The maximum Gasteiger partial charge on any atom is 0.326 e. The summed E-state index contributed by atoms with van der Waals surface area (Å²) in [6.07, 6.45) is 1.93. The number of aromatic nitrogens is 1. The van der Waals surface area contributed by atoms with E-state index in [9.17, 15) is 9.59 Å². The molecule has 1 amide bonds. The van der Waals surface area contributed by atoms with Crippen molar-refractivity contribution in [3.63, 3.8) is 0 Å². The smallest absolute Gasteiger partial charge is 0.326 e. The Morgan fingerprint density at radius 1 is 1.60 bits per heavy atom. The number of hydrogen-bond donors (Lipinski definition) is 2. The Bertz CT molecular complexity index is 528. The van der Waals surface area contributed by atoms with E-state index in [1.54, 1.807) is 24.0 Å². The fourth-order valence-electron chi connectivity index (χ4n) is 1.52. The quantitative estimate of drug-likeness (QED) is 0.731. The van der Waals surface area contributed by atoms with E-state index in [1.165, 1.54) is 6.92 Å². The number of pyridine rings is 1. The number of nitrogens with one attached hydrogen (secondary N) is 1. The molecule has 2 N–H and O–H groups in total. The largest absolute Gasteiger partial charge is 0.480 e. The molecule has 1 rings (SSSR count). The number of rotatable bonds is 7. The van der Waals surface area contributed by atoms with E-state index in [-0.39, 0.29) is 5.91 Å². The zero-order valence-electron chi connectivity index (χ0n) is 11.0. The standard InChI is InChI=1S/C13H15N3O3S/c1-9(17)16-12(13(18)19)3-5-20-8-10-2-4-15-11(6-10)7-14/h2,4,6,12H,3,5,8H2,1H3,(H,16,17)(H,18,19). The van der Waals surface area contributed by atoms with Gasteiger partial charge in [-0.2, -0.15) is 17.0 Å². The molecule has 1 heterocycles. The van der Waals surface area contributed by atoms with Gasteiger partial charge in [0, 0.05) is 18.9 Å². The maximum absolute atomic E-state index is 10.9. The van der Waals surface area contributed by atoms with Gasteiger partial charge < -0.3 is 10.4 Å². The maximum atomic E-state index is 10.9. The van der Waals surface area contributed by atoms with Gasteiger partial charge in [-0.05, 0) is 29.9 Å². The van der Waals surface area contributed by atoms with Gasteiger partial charge >= 0.3 is 5.97 Å². The summed E-state index contributed by atoms with van der Waals surface area (Å²) in [5, 5.41) is 20.1.